The second-order valence-corrected chi connectivity index (χ2v) is 5.18. The average Bonchev–Trinajstić information content (AvgIpc) is 2.45. The SMILES string of the molecule is O=C(Nc1ccc(SC(F)F)cc1)c1c(F)ccc(O)c1F. The maximum Gasteiger partial charge on any atom is 0.288 e. The van der Waals surface area contributed by atoms with Crippen LogP contribution < -0.4 is 5.32 Å². The topological polar surface area (TPSA) is 49.3 Å². The first-order valence-electron chi connectivity index (χ1n) is 5.91. The van der Waals surface area contributed by atoms with Gasteiger partial charge < -0.3 is 10.4 Å². The van der Waals surface area contributed by atoms with Gasteiger partial charge in [0, 0.05) is 10.6 Å². The molecule has 0 saturated carbocycles. The van der Waals surface area contributed by atoms with E-state index in [0.717, 1.165) is 12.1 Å². The molecule has 0 bridgehead atoms. The van der Waals surface area contributed by atoms with Crippen LogP contribution in [0.5, 0.6) is 5.75 Å². The first kappa shape index (κ1) is 16.2. The molecule has 0 fully saturated rings. The third-order valence-electron chi connectivity index (χ3n) is 2.64. The summed E-state index contributed by atoms with van der Waals surface area (Å²) in [6, 6.07) is 6.86. The summed E-state index contributed by atoms with van der Waals surface area (Å²) in [5.74, 6) is -7.02. The molecule has 0 heterocycles. The number of hydrogen-bond acceptors (Lipinski definition) is 3. The van der Waals surface area contributed by atoms with Gasteiger partial charge >= 0.3 is 0 Å². The molecule has 0 atom stereocenters. The van der Waals surface area contributed by atoms with E-state index in [0.29, 0.717) is 11.8 Å². The van der Waals surface area contributed by atoms with Crippen molar-refractivity contribution in [3.05, 3.63) is 53.6 Å². The van der Waals surface area contributed by atoms with Crippen LogP contribution in [0.4, 0.5) is 23.2 Å². The number of rotatable bonds is 4. The molecular weight excluding hydrogens is 322 g/mol. The summed E-state index contributed by atoms with van der Waals surface area (Å²) in [5.41, 5.74) is -0.753. The maximum absolute atomic E-state index is 13.6. The molecule has 2 N–H and O–H groups in total. The molecule has 0 spiro atoms. The summed E-state index contributed by atoms with van der Waals surface area (Å²) >= 11 is 0.330. The molecule has 8 heteroatoms. The lowest BCUT2D eigenvalue weighted by Crippen LogP contribution is -2.15. The van der Waals surface area contributed by atoms with Gasteiger partial charge in [0.2, 0.25) is 0 Å². The van der Waals surface area contributed by atoms with Gasteiger partial charge in [-0.3, -0.25) is 4.79 Å². The van der Waals surface area contributed by atoms with Crippen molar-refractivity contribution in [2.45, 2.75) is 10.7 Å². The predicted octanol–water partition coefficient (Wildman–Crippen LogP) is 4.24. The highest BCUT2D eigenvalue weighted by atomic mass is 32.2. The Bertz CT molecular complexity index is 692. The number of anilines is 1. The van der Waals surface area contributed by atoms with Crippen molar-refractivity contribution in [1.29, 1.82) is 0 Å². The molecule has 0 saturated heterocycles. The minimum atomic E-state index is -2.57. The van der Waals surface area contributed by atoms with Crippen molar-refractivity contribution in [3.63, 3.8) is 0 Å². The molecule has 2 aromatic rings. The van der Waals surface area contributed by atoms with Gasteiger partial charge in [-0.25, -0.2) is 8.78 Å². The molecule has 0 unspecified atom stereocenters. The number of aromatic hydroxyl groups is 1. The zero-order valence-corrected chi connectivity index (χ0v) is 11.6. The quantitative estimate of drug-likeness (QED) is 0.651. The second-order valence-electron chi connectivity index (χ2n) is 4.11. The van der Waals surface area contributed by atoms with Crippen LogP contribution in [0, 0.1) is 11.6 Å². The second kappa shape index (κ2) is 6.69. The van der Waals surface area contributed by atoms with E-state index in [4.69, 9.17) is 5.11 Å². The zero-order valence-electron chi connectivity index (χ0n) is 10.8. The lowest BCUT2D eigenvalue weighted by atomic mass is 10.1. The van der Waals surface area contributed by atoms with Crippen molar-refractivity contribution in [2.24, 2.45) is 0 Å². The van der Waals surface area contributed by atoms with E-state index in [2.05, 4.69) is 5.32 Å². The van der Waals surface area contributed by atoms with Crippen molar-refractivity contribution in [1.82, 2.24) is 0 Å². The number of hydrogen-bond donors (Lipinski definition) is 2. The Morgan fingerprint density at radius 1 is 1.09 bits per heavy atom. The fourth-order valence-corrected chi connectivity index (χ4v) is 2.16. The molecule has 0 radical (unpaired) electrons. The van der Waals surface area contributed by atoms with Crippen LogP contribution in [0.3, 0.4) is 0 Å². The molecule has 2 rings (SSSR count). The number of alkyl halides is 2. The molecule has 2 aromatic carbocycles. The van der Waals surface area contributed by atoms with Gasteiger partial charge in [0.15, 0.2) is 11.6 Å². The van der Waals surface area contributed by atoms with Crippen LogP contribution in [0.25, 0.3) is 0 Å². The number of carbonyl (C=O) groups excluding carboxylic acids is 1. The summed E-state index contributed by atoms with van der Waals surface area (Å²) in [7, 11) is 0. The van der Waals surface area contributed by atoms with E-state index in [9.17, 15) is 22.4 Å². The third-order valence-corrected chi connectivity index (χ3v) is 3.36. The van der Waals surface area contributed by atoms with Crippen LogP contribution in [-0.2, 0) is 0 Å². The maximum atomic E-state index is 13.6. The number of carbonyl (C=O) groups is 1. The fourth-order valence-electron chi connectivity index (χ4n) is 1.66. The lowest BCUT2D eigenvalue weighted by molar-refractivity contribution is 0.101. The van der Waals surface area contributed by atoms with Crippen molar-refractivity contribution in [3.8, 4) is 5.75 Å². The van der Waals surface area contributed by atoms with Gasteiger partial charge in [-0.05, 0) is 36.4 Å². The molecule has 3 nitrogen and oxygen atoms in total. The van der Waals surface area contributed by atoms with Crippen molar-refractivity contribution in [2.75, 3.05) is 5.32 Å². The summed E-state index contributed by atoms with van der Waals surface area (Å²) in [4.78, 5) is 12.1. The van der Waals surface area contributed by atoms with Gasteiger partial charge in [0.1, 0.15) is 11.4 Å². The van der Waals surface area contributed by atoms with Crippen LogP contribution in [0.1, 0.15) is 10.4 Å². The highest BCUT2D eigenvalue weighted by molar-refractivity contribution is 7.99. The number of nitrogens with one attached hydrogen (secondary N) is 1. The van der Waals surface area contributed by atoms with E-state index in [1.165, 1.54) is 24.3 Å². The molecular formula is C14H9F4NO2S. The monoisotopic (exact) mass is 331 g/mol. The zero-order chi connectivity index (χ0) is 16.3. The van der Waals surface area contributed by atoms with E-state index in [1.807, 2.05) is 0 Å². The first-order chi connectivity index (χ1) is 10.4. The summed E-state index contributed by atoms with van der Waals surface area (Å²) in [6.07, 6.45) is 0. The molecule has 0 aliphatic heterocycles. The Morgan fingerprint density at radius 3 is 2.32 bits per heavy atom. The van der Waals surface area contributed by atoms with E-state index < -0.39 is 34.6 Å². The lowest BCUT2D eigenvalue weighted by Gasteiger charge is -2.08. The van der Waals surface area contributed by atoms with Crippen LogP contribution in [0.15, 0.2) is 41.3 Å². The Balaban J connectivity index is 2.17. The minimum Gasteiger partial charge on any atom is -0.505 e. The van der Waals surface area contributed by atoms with Crippen molar-refractivity contribution < 1.29 is 27.5 Å². The van der Waals surface area contributed by atoms with E-state index in [-0.39, 0.29) is 10.6 Å². The van der Waals surface area contributed by atoms with Gasteiger partial charge in [0.25, 0.3) is 11.7 Å². The predicted molar refractivity (Wildman–Crippen MR) is 74.3 cm³/mol. The third kappa shape index (κ3) is 3.70. The molecule has 1 amide bonds. The highest BCUT2D eigenvalue weighted by Crippen LogP contribution is 2.27. The first-order valence-corrected chi connectivity index (χ1v) is 6.79. The van der Waals surface area contributed by atoms with Gasteiger partial charge in [-0.1, -0.05) is 11.8 Å². The summed E-state index contributed by atoms with van der Waals surface area (Å²) < 4.78 is 51.4. The van der Waals surface area contributed by atoms with Crippen LogP contribution >= 0.6 is 11.8 Å². The van der Waals surface area contributed by atoms with E-state index >= 15 is 0 Å². The van der Waals surface area contributed by atoms with Gasteiger partial charge in [0.05, 0.1) is 0 Å². The Labute approximate surface area is 127 Å². The molecule has 116 valence electrons. The van der Waals surface area contributed by atoms with E-state index in [1.54, 1.807) is 0 Å². The van der Waals surface area contributed by atoms with Crippen molar-refractivity contribution >= 4 is 23.4 Å². The fraction of sp³-hybridized carbons (Fsp3) is 0.0714. The summed E-state index contributed by atoms with van der Waals surface area (Å²) in [5, 5.41) is 11.4. The normalized spacial score (nSPS) is 10.8. The Morgan fingerprint density at radius 2 is 1.73 bits per heavy atom. The standard InChI is InChI=1S/C14H9F4NO2S/c15-9-5-6-10(20)12(16)11(9)13(21)19-7-1-3-8(4-2-7)22-14(17)18/h1-6,14,20H,(H,19,21). The molecule has 0 aliphatic carbocycles. The number of thioether (sulfide) groups is 1. The van der Waals surface area contributed by atoms with Crippen LogP contribution in [0.2, 0.25) is 0 Å². The van der Waals surface area contributed by atoms with Gasteiger partial charge in [-0.2, -0.15) is 8.78 Å². The number of benzene rings is 2. The Hall–Kier alpha value is -2.22. The number of phenolic OH excluding ortho intramolecular Hbond substituents is 1. The summed E-state index contributed by atoms with van der Waals surface area (Å²) in [6.45, 7) is 0. The number of halogens is 4. The average molecular weight is 331 g/mol. The molecule has 0 aliphatic rings. The smallest absolute Gasteiger partial charge is 0.288 e. The number of phenols is 1. The van der Waals surface area contributed by atoms with Gasteiger partial charge in [-0.15, -0.1) is 0 Å². The minimum absolute atomic E-state index is 0.172. The molecule has 22 heavy (non-hydrogen) atoms. The highest BCUT2D eigenvalue weighted by Gasteiger charge is 2.20. The molecule has 0 aromatic heterocycles. The van der Waals surface area contributed by atoms with Crippen LogP contribution in [-0.4, -0.2) is 16.8 Å². The number of amides is 1. The largest absolute Gasteiger partial charge is 0.505 e. The Kier molecular flexibility index (Phi) is 4.92.